The zero-order valence-corrected chi connectivity index (χ0v) is 15.2. The lowest BCUT2D eigenvalue weighted by Crippen LogP contribution is -2.33. The third-order valence-electron chi connectivity index (χ3n) is 4.27. The Labute approximate surface area is 160 Å². The summed E-state index contributed by atoms with van der Waals surface area (Å²) in [5.41, 5.74) is 0.489. The molecule has 0 radical (unpaired) electrons. The number of carboxylic acids is 1. The Bertz CT molecular complexity index is 1010. The Morgan fingerprint density at radius 2 is 1.71 bits per heavy atom. The molecule has 0 aliphatic carbocycles. The smallest absolute Gasteiger partial charge is 0.339 e. The average molecular weight is 382 g/mol. The van der Waals surface area contributed by atoms with Gasteiger partial charge in [0.05, 0.1) is 11.1 Å². The van der Waals surface area contributed by atoms with Crippen LogP contribution >= 0.6 is 0 Å². The molecule has 3 rings (SSSR count). The summed E-state index contributed by atoms with van der Waals surface area (Å²) >= 11 is 0. The number of carboxylic acid groups (broad SMARTS) is 1. The van der Waals surface area contributed by atoms with Gasteiger partial charge < -0.3 is 15.5 Å². The molecule has 28 heavy (non-hydrogen) atoms. The van der Waals surface area contributed by atoms with Crippen LogP contribution in [0.15, 0.2) is 36.4 Å². The predicted octanol–water partition coefficient (Wildman–Crippen LogP) is 2.59. The molecule has 3 N–H and O–H groups in total. The summed E-state index contributed by atoms with van der Waals surface area (Å²) in [4.78, 5) is 49.4. The summed E-state index contributed by atoms with van der Waals surface area (Å²) in [5, 5.41) is 21.2. The first-order valence-corrected chi connectivity index (χ1v) is 8.57. The number of rotatable bonds is 5. The highest BCUT2D eigenvalue weighted by molar-refractivity contribution is 6.22. The van der Waals surface area contributed by atoms with Crippen molar-refractivity contribution < 1.29 is 29.4 Å². The first kappa shape index (κ1) is 19.1. The molecule has 2 aromatic rings. The van der Waals surface area contributed by atoms with E-state index in [2.05, 4.69) is 5.32 Å². The molecule has 0 fully saturated rings. The van der Waals surface area contributed by atoms with Gasteiger partial charge >= 0.3 is 5.97 Å². The molecule has 0 aromatic heterocycles. The molecule has 0 bridgehead atoms. The topological polar surface area (TPSA) is 124 Å². The van der Waals surface area contributed by atoms with Gasteiger partial charge in [0, 0.05) is 23.9 Å². The number of carbonyl (C=O) groups excluding carboxylic acids is 3. The van der Waals surface area contributed by atoms with Gasteiger partial charge in [-0.2, -0.15) is 0 Å². The monoisotopic (exact) mass is 382 g/mol. The first-order chi connectivity index (χ1) is 13.2. The molecule has 0 unspecified atom stereocenters. The van der Waals surface area contributed by atoms with Crippen molar-refractivity contribution in [3.05, 3.63) is 58.7 Å². The average Bonchev–Trinajstić information content (AvgIpc) is 2.85. The molecular formula is C20H18N2O6. The van der Waals surface area contributed by atoms with Gasteiger partial charge in [-0.1, -0.05) is 13.8 Å². The zero-order valence-electron chi connectivity index (χ0n) is 15.2. The minimum Gasteiger partial charge on any atom is -0.507 e. The van der Waals surface area contributed by atoms with Crippen LogP contribution in [-0.4, -0.2) is 45.3 Å². The summed E-state index contributed by atoms with van der Waals surface area (Å²) in [6, 6.07) is 7.86. The fourth-order valence-corrected chi connectivity index (χ4v) is 2.96. The Morgan fingerprint density at radius 3 is 2.32 bits per heavy atom. The van der Waals surface area contributed by atoms with Gasteiger partial charge in [-0.3, -0.25) is 19.3 Å². The van der Waals surface area contributed by atoms with Crippen LogP contribution in [0.4, 0.5) is 5.69 Å². The van der Waals surface area contributed by atoms with Gasteiger partial charge in [0.15, 0.2) is 0 Å². The Morgan fingerprint density at radius 1 is 1.04 bits per heavy atom. The van der Waals surface area contributed by atoms with E-state index < -0.39 is 23.5 Å². The van der Waals surface area contributed by atoms with E-state index in [0.29, 0.717) is 6.54 Å². The maximum Gasteiger partial charge on any atom is 0.339 e. The van der Waals surface area contributed by atoms with E-state index in [0.717, 1.165) is 6.07 Å². The van der Waals surface area contributed by atoms with Crippen molar-refractivity contribution >= 4 is 29.4 Å². The molecule has 144 valence electrons. The van der Waals surface area contributed by atoms with Crippen molar-refractivity contribution in [2.75, 3.05) is 11.9 Å². The highest BCUT2D eigenvalue weighted by atomic mass is 16.4. The lowest BCUT2D eigenvalue weighted by atomic mass is 10.1. The Hall–Kier alpha value is -3.68. The number of carbonyl (C=O) groups is 4. The second-order valence-electron chi connectivity index (χ2n) is 6.87. The lowest BCUT2D eigenvalue weighted by Gasteiger charge is -2.15. The Balaban J connectivity index is 1.83. The second-order valence-corrected chi connectivity index (χ2v) is 6.87. The summed E-state index contributed by atoms with van der Waals surface area (Å²) < 4.78 is 0. The van der Waals surface area contributed by atoms with E-state index in [1.807, 2.05) is 13.8 Å². The molecule has 2 aromatic carbocycles. The number of nitrogens with zero attached hydrogens (tertiary/aromatic N) is 1. The molecule has 8 heteroatoms. The molecule has 8 nitrogen and oxygen atoms in total. The van der Waals surface area contributed by atoms with Crippen molar-refractivity contribution in [1.82, 2.24) is 4.90 Å². The van der Waals surface area contributed by atoms with E-state index in [-0.39, 0.29) is 39.8 Å². The second kappa shape index (κ2) is 7.15. The lowest BCUT2D eigenvalue weighted by molar-refractivity contribution is 0.0633. The molecule has 0 atom stereocenters. The van der Waals surface area contributed by atoms with E-state index in [9.17, 15) is 24.3 Å². The Kier molecular flexibility index (Phi) is 4.87. The maximum atomic E-state index is 12.5. The number of imide groups is 1. The molecule has 0 saturated heterocycles. The molecule has 0 saturated carbocycles. The quantitative estimate of drug-likeness (QED) is 0.683. The largest absolute Gasteiger partial charge is 0.507 e. The number of aromatic hydroxyl groups is 1. The van der Waals surface area contributed by atoms with Gasteiger partial charge in [0.2, 0.25) is 0 Å². The number of fused-ring (bicyclic) bond motifs is 1. The number of anilines is 1. The van der Waals surface area contributed by atoms with Gasteiger partial charge in [-0.25, -0.2) is 4.79 Å². The normalized spacial score (nSPS) is 13.0. The fraction of sp³-hybridized carbons (Fsp3) is 0.200. The molecule has 0 spiro atoms. The van der Waals surface area contributed by atoms with Crippen LogP contribution in [0.25, 0.3) is 0 Å². The van der Waals surface area contributed by atoms with E-state index in [1.54, 1.807) is 0 Å². The summed E-state index contributed by atoms with van der Waals surface area (Å²) in [7, 11) is 0. The third-order valence-corrected chi connectivity index (χ3v) is 4.27. The predicted molar refractivity (Wildman–Crippen MR) is 99.7 cm³/mol. The molecule has 1 heterocycles. The number of nitrogens with one attached hydrogen (secondary N) is 1. The highest BCUT2D eigenvalue weighted by Gasteiger charge is 2.36. The molecular weight excluding hydrogens is 364 g/mol. The van der Waals surface area contributed by atoms with Gasteiger partial charge in [0.25, 0.3) is 17.7 Å². The number of amides is 3. The first-order valence-electron chi connectivity index (χ1n) is 8.57. The number of benzene rings is 2. The van der Waals surface area contributed by atoms with Crippen LogP contribution in [0.3, 0.4) is 0 Å². The van der Waals surface area contributed by atoms with Crippen LogP contribution in [0.1, 0.15) is 55.3 Å². The van der Waals surface area contributed by atoms with E-state index in [1.165, 1.54) is 35.2 Å². The fourth-order valence-electron chi connectivity index (χ4n) is 2.96. The van der Waals surface area contributed by atoms with Crippen molar-refractivity contribution in [2.24, 2.45) is 5.92 Å². The SMILES string of the molecule is CC(C)CN1C(=O)c2ccc(C(=O)Nc3ccc(C(=O)O)c(O)c3)cc2C1=O. The zero-order chi connectivity index (χ0) is 20.6. The third kappa shape index (κ3) is 3.44. The van der Waals surface area contributed by atoms with Crippen LogP contribution in [0, 0.1) is 5.92 Å². The van der Waals surface area contributed by atoms with Crippen LogP contribution in [0.5, 0.6) is 5.75 Å². The standard InChI is InChI=1S/C20H18N2O6/c1-10(2)9-22-18(25)13-5-3-11(7-15(13)19(22)26)17(24)21-12-4-6-14(20(27)28)16(23)8-12/h3-8,10,23H,9H2,1-2H3,(H,21,24)(H,27,28). The van der Waals surface area contributed by atoms with Crippen molar-refractivity contribution in [3.8, 4) is 5.75 Å². The molecule has 1 aliphatic rings. The van der Waals surface area contributed by atoms with Crippen LogP contribution in [0.2, 0.25) is 0 Å². The van der Waals surface area contributed by atoms with Crippen molar-refractivity contribution in [1.29, 1.82) is 0 Å². The summed E-state index contributed by atoms with van der Waals surface area (Å²) in [5.74, 6) is -3.03. The molecule has 3 amide bonds. The number of hydrogen-bond donors (Lipinski definition) is 3. The number of aromatic carboxylic acids is 1. The van der Waals surface area contributed by atoms with Gasteiger partial charge in [-0.15, -0.1) is 0 Å². The summed E-state index contributed by atoms with van der Waals surface area (Å²) in [6.45, 7) is 4.09. The summed E-state index contributed by atoms with van der Waals surface area (Å²) in [6.07, 6.45) is 0. The van der Waals surface area contributed by atoms with Crippen LogP contribution < -0.4 is 5.32 Å². The van der Waals surface area contributed by atoms with E-state index in [4.69, 9.17) is 5.11 Å². The highest BCUT2D eigenvalue weighted by Crippen LogP contribution is 2.26. The van der Waals surface area contributed by atoms with Crippen LogP contribution in [-0.2, 0) is 0 Å². The number of phenols is 1. The van der Waals surface area contributed by atoms with E-state index >= 15 is 0 Å². The molecule has 1 aliphatic heterocycles. The van der Waals surface area contributed by atoms with Gasteiger partial charge in [0.1, 0.15) is 11.3 Å². The minimum absolute atomic E-state index is 0.117. The number of hydrogen-bond acceptors (Lipinski definition) is 5. The van der Waals surface area contributed by atoms with Gasteiger partial charge in [-0.05, 0) is 36.2 Å². The van der Waals surface area contributed by atoms with Crippen molar-refractivity contribution in [3.63, 3.8) is 0 Å². The maximum absolute atomic E-state index is 12.5. The minimum atomic E-state index is -1.29. The van der Waals surface area contributed by atoms with Crippen molar-refractivity contribution in [2.45, 2.75) is 13.8 Å².